The van der Waals surface area contributed by atoms with E-state index in [1.165, 1.54) is 17.0 Å². The molecule has 0 spiro atoms. The van der Waals surface area contributed by atoms with Gasteiger partial charge in [0, 0.05) is 37.5 Å². The SMILES string of the molecule is CCNC(=O)[C@H](Cc1ccccc1)N(Cc1cccc(Cl)c1)C(=O)CCN1C(=O)c2ccccc2S1(=O)=O. The highest BCUT2D eigenvalue weighted by Gasteiger charge is 2.41. The lowest BCUT2D eigenvalue weighted by Crippen LogP contribution is -2.51. The molecule has 0 saturated carbocycles. The zero-order chi connectivity index (χ0) is 27.3. The van der Waals surface area contributed by atoms with E-state index in [2.05, 4.69) is 5.32 Å². The summed E-state index contributed by atoms with van der Waals surface area (Å²) in [5.74, 6) is -1.46. The Hall–Kier alpha value is -3.69. The number of likely N-dealkylation sites (N-methyl/N-ethyl adjacent to an activating group) is 1. The first-order chi connectivity index (χ1) is 18.2. The van der Waals surface area contributed by atoms with Crippen molar-refractivity contribution in [3.63, 3.8) is 0 Å². The Labute approximate surface area is 227 Å². The summed E-state index contributed by atoms with van der Waals surface area (Å²) in [5.41, 5.74) is 1.66. The largest absolute Gasteiger partial charge is 0.355 e. The topological polar surface area (TPSA) is 104 Å². The molecule has 10 heteroatoms. The minimum atomic E-state index is -4.06. The number of sulfonamides is 1. The van der Waals surface area contributed by atoms with Gasteiger partial charge in [0.2, 0.25) is 11.8 Å². The maximum absolute atomic E-state index is 13.7. The van der Waals surface area contributed by atoms with Crippen LogP contribution in [0.1, 0.15) is 34.8 Å². The second kappa shape index (κ2) is 11.8. The first-order valence-corrected chi connectivity index (χ1v) is 14.1. The molecule has 1 aliphatic heterocycles. The smallest absolute Gasteiger partial charge is 0.269 e. The van der Waals surface area contributed by atoms with Gasteiger partial charge in [-0.25, -0.2) is 12.7 Å². The lowest BCUT2D eigenvalue weighted by atomic mass is 10.0. The van der Waals surface area contributed by atoms with Gasteiger partial charge in [0.15, 0.2) is 0 Å². The Morgan fingerprint density at radius 2 is 1.66 bits per heavy atom. The first kappa shape index (κ1) is 27.3. The number of rotatable bonds is 10. The number of hydrogen-bond acceptors (Lipinski definition) is 5. The van der Waals surface area contributed by atoms with Crippen LogP contribution in [-0.4, -0.2) is 54.5 Å². The van der Waals surface area contributed by atoms with E-state index in [0.717, 1.165) is 9.87 Å². The average Bonchev–Trinajstić information content (AvgIpc) is 3.10. The lowest BCUT2D eigenvalue weighted by Gasteiger charge is -2.32. The minimum Gasteiger partial charge on any atom is -0.355 e. The number of hydrogen-bond donors (Lipinski definition) is 1. The van der Waals surface area contributed by atoms with E-state index in [-0.39, 0.29) is 42.3 Å². The van der Waals surface area contributed by atoms with Crippen molar-refractivity contribution in [2.75, 3.05) is 13.1 Å². The number of nitrogens with zero attached hydrogens (tertiary/aromatic N) is 2. The molecule has 3 aromatic carbocycles. The summed E-state index contributed by atoms with van der Waals surface area (Å²) in [6, 6.07) is 21.4. The minimum absolute atomic E-state index is 0.0717. The number of carbonyl (C=O) groups excluding carboxylic acids is 3. The first-order valence-electron chi connectivity index (χ1n) is 12.2. The molecule has 1 aliphatic rings. The zero-order valence-corrected chi connectivity index (χ0v) is 22.4. The van der Waals surface area contributed by atoms with Crippen LogP contribution in [0.4, 0.5) is 0 Å². The normalized spacial score (nSPS) is 14.6. The highest BCUT2D eigenvalue weighted by atomic mass is 35.5. The Bertz CT molecular complexity index is 1450. The van der Waals surface area contributed by atoms with Crippen molar-refractivity contribution in [1.29, 1.82) is 0 Å². The molecular formula is C28H28ClN3O5S. The predicted octanol–water partition coefficient (Wildman–Crippen LogP) is 3.65. The van der Waals surface area contributed by atoms with Gasteiger partial charge in [-0.2, -0.15) is 0 Å². The van der Waals surface area contributed by atoms with Gasteiger partial charge in [-0.05, 0) is 42.3 Å². The van der Waals surface area contributed by atoms with Gasteiger partial charge in [-0.1, -0.05) is 66.2 Å². The Balaban J connectivity index is 1.62. The summed E-state index contributed by atoms with van der Waals surface area (Å²) >= 11 is 6.17. The molecule has 38 heavy (non-hydrogen) atoms. The molecule has 1 N–H and O–H groups in total. The number of halogens is 1. The van der Waals surface area contributed by atoms with Crippen LogP contribution in [0, 0.1) is 0 Å². The van der Waals surface area contributed by atoms with Crippen molar-refractivity contribution in [3.05, 3.63) is 101 Å². The molecule has 198 valence electrons. The van der Waals surface area contributed by atoms with Gasteiger partial charge in [0.1, 0.15) is 10.9 Å². The maximum Gasteiger partial charge on any atom is 0.269 e. The van der Waals surface area contributed by atoms with E-state index in [9.17, 15) is 22.8 Å². The molecule has 0 saturated heterocycles. The number of carbonyl (C=O) groups is 3. The lowest BCUT2D eigenvalue weighted by molar-refractivity contribution is -0.141. The summed E-state index contributed by atoms with van der Waals surface area (Å²) in [5, 5.41) is 3.29. The monoisotopic (exact) mass is 553 g/mol. The molecule has 8 nitrogen and oxygen atoms in total. The van der Waals surface area contributed by atoms with Crippen LogP contribution in [0.15, 0.2) is 83.8 Å². The Kier molecular flexibility index (Phi) is 8.48. The van der Waals surface area contributed by atoms with E-state index in [1.807, 2.05) is 30.3 Å². The van der Waals surface area contributed by atoms with E-state index in [4.69, 9.17) is 11.6 Å². The molecule has 0 bridgehead atoms. The average molecular weight is 554 g/mol. The van der Waals surface area contributed by atoms with Gasteiger partial charge >= 0.3 is 0 Å². The third-order valence-electron chi connectivity index (χ3n) is 6.30. The second-order valence-electron chi connectivity index (χ2n) is 8.88. The van der Waals surface area contributed by atoms with Crippen molar-refractivity contribution in [1.82, 2.24) is 14.5 Å². The van der Waals surface area contributed by atoms with Crippen LogP contribution in [0.3, 0.4) is 0 Å². The molecule has 0 fully saturated rings. The van der Waals surface area contributed by atoms with Crippen molar-refractivity contribution in [3.8, 4) is 0 Å². The molecule has 1 atom stereocenters. The molecule has 0 radical (unpaired) electrons. The molecule has 4 rings (SSSR count). The number of nitrogens with one attached hydrogen (secondary N) is 1. The van der Waals surface area contributed by atoms with Crippen LogP contribution in [0.2, 0.25) is 5.02 Å². The number of fused-ring (bicyclic) bond motifs is 1. The van der Waals surface area contributed by atoms with Crippen molar-refractivity contribution >= 4 is 39.3 Å². The van der Waals surface area contributed by atoms with Crippen LogP contribution >= 0.6 is 11.6 Å². The fraction of sp³-hybridized carbons (Fsp3) is 0.250. The standard InChI is InChI=1S/C28H28ClN3O5S/c1-2-30-27(34)24(18-20-9-4-3-5-10-20)31(19-21-11-8-12-22(29)17-21)26(33)15-16-32-28(35)23-13-6-7-14-25(23)38(32,36)37/h3-14,17,24H,2,15-16,18-19H2,1H3,(H,30,34)/t24-/m0/s1. The Morgan fingerprint density at radius 1 is 0.974 bits per heavy atom. The van der Waals surface area contributed by atoms with Crippen LogP contribution < -0.4 is 5.32 Å². The van der Waals surface area contributed by atoms with Gasteiger partial charge in [-0.15, -0.1) is 0 Å². The number of benzene rings is 3. The molecule has 0 unspecified atom stereocenters. The molecule has 1 heterocycles. The van der Waals surface area contributed by atoms with Crippen LogP contribution in [0.25, 0.3) is 0 Å². The molecule has 0 aliphatic carbocycles. The van der Waals surface area contributed by atoms with Gasteiger partial charge in [-0.3, -0.25) is 14.4 Å². The molecular weight excluding hydrogens is 526 g/mol. The van der Waals surface area contributed by atoms with Gasteiger partial charge in [0.25, 0.3) is 15.9 Å². The summed E-state index contributed by atoms with van der Waals surface area (Å²) in [7, 11) is -4.06. The predicted molar refractivity (Wildman–Crippen MR) is 144 cm³/mol. The quantitative estimate of drug-likeness (QED) is 0.413. The van der Waals surface area contributed by atoms with E-state index < -0.39 is 27.9 Å². The van der Waals surface area contributed by atoms with Gasteiger partial charge < -0.3 is 10.2 Å². The van der Waals surface area contributed by atoms with Gasteiger partial charge in [0.05, 0.1) is 5.56 Å². The molecule has 3 amide bonds. The maximum atomic E-state index is 13.7. The van der Waals surface area contributed by atoms with Crippen molar-refractivity contribution in [2.24, 2.45) is 0 Å². The highest BCUT2D eigenvalue weighted by molar-refractivity contribution is 7.90. The second-order valence-corrected chi connectivity index (χ2v) is 11.1. The molecule has 0 aromatic heterocycles. The van der Waals surface area contributed by atoms with Crippen molar-refractivity contribution < 1.29 is 22.8 Å². The molecule has 3 aromatic rings. The zero-order valence-electron chi connectivity index (χ0n) is 20.8. The fourth-order valence-corrected chi connectivity index (χ4v) is 6.25. The van der Waals surface area contributed by atoms with Crippen molar-refractivity contribution in [2.45, 2.75) is 37.2 Å². The highest BCUT2D eigenvalue weighted by Crippen LogP contribution is 2.30. The van der Waals surface area contributed by atoms with Crippen LogP contribution in [-0.2, 0) is 32.6 Å². The third-order valence-corrected chi connectivity index (χ3v) is 8.38. The summed E-state index contributed by atoms with van der Waals surface area (Å²) in [6.07, 6.45) is -0.0322. The van der Waals surface area contributed by atoms with E-state index in [0.29, 0.717) is 17.1 Å². The van der Waals surface area contributed by atoms with E-state index >= 15 is 0 Å². The van der Waals surface area contributed by atoms with E-state index in [1.54, 1.807) is 43.3 Å². The number of amides is 3. The summed E-state index contributed by atoms with van der Waals surface area (Å²) < 4.78 is 26.7. The fourth-order valence-electron chi connectivity index (χ4n) is 4.47. The Morgan fingerprint density at radius 3 is 2.34 bits per heavy atom. The van der Waals surface area contributed by atoms with Crippen LogP contribution in [0.5, 0.6) is 0 Å². The summed E-state index contributed by atoms with van der Waals surface area (Å²) in [4.78, 5) is 41.1. The summed E-state index contributed by atoms with van der Waals surface area (Å²) in [6.45, 7) is 1.91. The third kappa shape index (κ3) is 5.89.